The molecule has 0 saturated carbocycles. The third-order valence-corrected chi connectivity index (χ3v) is 4.25. The van der Waals surface area contributed by atoms with Gasteiger partial charge in [0.05, 0.1) is 6.04 Å². The first-order valence-corrected chi connectivity index (χ1v) is 10.4. The van der Waals surface area contributed by atoms with Gasteiger partial charge in [-0.15, -0.1) is 0 Å². The molecule has 5 heteroatoms. The lowest BCUT2D eigenvalue weighted by atomic mass is 10.0. The molecule has 1 aliphatic rings. The highest BCUT2D eigenvalue weighted by atomic mass is 19.1. The van der Waals surface area contributed by atoms with E-state index in [-0.39, 0.29) is 18.2 Å². The van der Waals surface area contributed by atoms with Crippen molar-refractivity contribution in [2.75, 3.05) is 13.1 Å². The average Bonchev–Trinajstić information content (AvgIpc) is 3.18. The minimum atomic E-state index is -0.501. The van der Waals surface area contributed by atoms with Crippen LogP contribution in [0.1, 0.15) is 46.6 Å². The van der Waals surface area contributed by atoms with Crippen LogP contribution >= 0.6 is 0 Å². The second-order valence-corrected chi connectivity index (χ2v) is 6.92. The zero-order chi connectivity index (χ0) is 23.1. The molecule has 1 atom stereocenters. The van der Waals surface area contributed by atoms with E-state index in [4.69, 9.17) is 5.73 Å². The molecule has 0 radical (unpaired) electrons. The molecule has 2 rings (SSSR count). The van der Waals surface area contributed by atoms with Gasteiger partial charge in [-0.25, -0.2) is 8.78 Å². The van der Waals surface area contributed by atoms with Crippen LogP contribution in [-0.4, -0.2) is 30.4 Å². The molecule has 1 aromatic rings. The molecule has 0 spiro atoms. The van der Waals surface area contributed by atoms with E-state index in [0.29, 0.717) is 17.9 Å². The van der Waals surface area contributed by atoms with Crippen molar-refractivity contribution in [3.63, 3.8) is 0 Å². The summed E-state index contributed by atoms with van der Waals surface area (Å²) in [5.41, 5.74) is 6.94. The van der Waals surface area contributed by atoms with Crippen molar-refractivity contribution in [3.8, 4) is 0 Å². The van der Waals surface area contributed by atoms with Crippen molar-refractivity contribution in [3.05, 3.63) is 77.9 Å². The molecule has 0 aromatic heterocycles. The van der Waals surface area contributed by atoms with Gasteiger partial charge in [0.15, 0.2) is 0 Å². The Hall–Kier alpha value is -2.53. The Morgan fingerprint density at radius 2 is 1.97 bits per heavy atom. The third-order valence-electron chi connectivity index (χ3n) is 4.25. The summed E-state index contributed by atoms with van der Waals surface area (Å²) in [6.45, 7) is 14.9. The highest BCUT2D eigenvalue weighted by molar-refractivity contribution is 5.74. The summed E-state index contributed by atoms with van der Waals surface area (Å²) in [6, 6.07) is 3.07. The molecule has 0 aliphatic carbocycles. The highest BCUT2D eigenvalue weighted by Gasteiger charge is 2.27. The van der Waals surface area contributed by atoms with Crippen LogP contribution in [-0.2, 0) is 4.79 Å². The van der Waals surface area contributed by atoms with E-state index >= 15 is 0 Å². The second kappa shape index (κ2) is 15.3. The maximum atomic E-state index is 14.0. The maximum absolute atomic E-state index is 14.0. The average molecular weight is 419 g/mol. The molecule has 3 nitrogen and oxygen atoms in total. The summed E-state index contributed by atoms with van der Waals surface area (Å²) in [4.78, 5) is 13.0. The van der Waals surface area contributed by atoms with Gasteiger partial charge in [0.25, 0.3) is 0 Å². The number of amides is 1. The van der Waals surface area contributed by atoms with Crippen LogP contribution in [0.3, 0.4) is 0 Å². The number of rotatable bonds is 7. The van der Waals surface area contributed by atoms with E-state index in [1.807, 2.05) is 45.1 Å². The molecular weight excluding hydrogens is 382 g/mol. The Bertz CT molecular complexity index is 752. The molecule has 0 bridgehead atoms. The minimum Gasteiger partial charge on any atom is -0.331 e. The van der Waals surface area contributed by atoms with Crippen LogP contribution in [0, 0.1) is 17.6 Å². The number of hydrogen-bond donors (Lipinski definition) is 1. The van der Waals surface area contributed by atoms with Gasteiger partial charge < -0.3 is 10.6 Å². The lowest BCUT2D eigenvalue weighted by Gasteiger charge is -2.22. The van der Waals surface area contributed by atoms with Crippen molar-refractivity contribution in [2.24, 2.45) is 11.7 Å². The quantitative estimate of drug-likeness (QED) is 0.341. The van der Waals surface area contributed by atoms with Gasteiger partial charge in [0.2, 0.25) is 6.41 Å². The monoisotopic (exact) mass is 418 g/mol. The number of hydrogen-bond acceptors (Lipinski definition) is 2. The fourth-order valence-corrected chi connectivity index (χ4v) is 2.67. The van der Waals surface area contributed by atoms with E-state index in [0.717, 1.165) is 36.7 Å². The normalized spacial score (nSPS) is 15.9. The molecule has 1 heterocycles. The Labute approximate surface area is 180 Å². The lowest BCUT2D eigenvalue weighted by Crippen LogP contribution is -2.30. The second-order valence-electron chi connectivity index (χ2n) is 6.92. The molecule has 1 amide bonds. The molecule has 30 heavy (non-hydrogen) atoms. The molecule has 0 saturated heterocycles. The van der Waals surface area contributed by atoms with E-state index in [2.05, 4.69) is 20.4 Å². The van der Waals surface area contributed by atoms with E-state index in [1.165, 1.54) is 0 Å². The summed E-state index contributed by atoms with van der Waals surface area (Å²) in [7, 11) is 0. The summed E-state index contributed by atoms with van der Waals surface area (Å²) in [5, 5.41) is 0. The van der Waals surface area contributed by atoms with Gasteiger partial charge in [0.1, 0.15) is 11.6 Å². The van der Waals surface area contributed by atoms with Crippen LogP contribution < -0.4 is 5.73 Å². The maximum Gasteiger partial charge on any atom is 0.210 e. The van der Waals surface area contributed by atoms with Crippen LogP contribution in [0.5, 0.6) is 0 Å². The molecule has 166 valence electrons. The summed E-state index contributed by atoms with van der Waals surface area (Å²) in [6.07, 6.45) is 10.6. The first kappa shape index (κ1) is 27.5. The first-order valence-electron chi connectivity index (χ1n) is 10.4. The SMILES string of the molecule is C=C/C=C(\C/C=C\C)C1C=C(c2cc(F)ccc2F)CN1C=O.CC.CC(C)CN. The number of nitrogens with two attached hydrogens (primary N) is 1. The van der Waals surface area contributed by atoms with Gasteiger partial charge in [-0.05, 0) is 55.2 Å². The minimum absolute atomic E-state index is 0.198. The van der Waals surface area contributed by atoms with Crippen molar-refractivity contribution < 1.29 is 13.6 Å². The van der Waals surface area contributed by atoms with Crippen LogP contribution in [0.25, 0.3) is 5.57 Å². The highest BCUT2D eigenvalue weighted by Crippen LogP contribution is 2.30. The molecule has 1 unspecified atom stereocenters. The van der Waals surface area contributed by atoms with Crippen molar-refractivity contribution in [1.29, 1.82) is 0 Å². The summed E-state index contributed by atoms with van der Waals surface area (Å²) in [5.74, 6) is -0.332. The van der Waals surface area contributed by atoms with Crippen molar-refractivity contribution >= 4 is 12.0 Å². The van der Waals surface area contributed by atoms with Crippen LogP contribution in [0.15, 0.2) is 60.7 Å². The zero-order valence-electron chi connectivity index (χ0n) is 18.9. The molecule has 1 aromatic carbocycles. The van der Waals surface area contributed by atoms with E-state index in [9.17, 15) is 13.6 Å². The fraction of sp³-hybridized carbons (Fsp3) is 0.400. The molecule has 0 fully saturated rings. The summed E-state index contributed by atoms with van der Waals surface area (Å²) >= 11 is 0. The molecule has 1 aliphatic heterocycles. The number of halogens is 2. The van der Waals surface area contributed by atoms with Gasteiger partial charge in [-0.3, -0.25) is 4.79 Å². The Morgan fingerprint density at radius 3 is 2.47 bits per heavy atom. The third kappa shape index (κ3) is 8.87. The van der Waals surface area contributed by atoms with Crippen molar-refractivity contribution in [1.82, 2.24) is 4.90 Å². The van der Waals surface area contributed by atoms with E-state index in [1.54, 1.807) is 11.0 Å². The molecular formula is C25H36F2N2O. The van der Waals surface area contributed by atoms with Gasteiger partial charge in [-0.1, -0.05) is 64.7 Å². The lowest BCUT2D eigenvalue weighted by molar-refractivity contribution is -0.117. The van der Waals surface area contributed by atoms with Crippen LogP contribution in [0.2, 0.25) is 0 Å². The number of benzene rings is 1. The van der Waals surface area contributed by atoms with Gasteiger partial charge in [-0.2, -0.15) is 0 Å². The Morgan fingerprint density at radius 1 is 1.33 bits per heavy atom. The Balaban J connectivity index is 0.00000105. The number of carbonyl (C=O) groups excluding carboxylic acids is 1. The largest absolute Gasteiger partial charge is 0.331 e. The van der Waals surface area contributed by atoms with E-state index < -0.39 is 11.6 Å². The summed E-state index contributed by atoms with van der Waals surface area (Å²) < 4.78 is 27.4. The number of carbonyl (C=O) groups is 1. The standard InChI is InChI=1S/C19H19F2NO.C4H11N.C2H6/c1-3-5-7-14(6-4-2)19-10-15(12-22(19)13-23)17-11-16(20)8-9-18(17)21;1-4(2)3-5;1-2/h3-6,8-11,13,19H,2,7,12H2,1H3;4H,3,5H2,1-2H3;1-2H3/b5-3-,14-6+;;. The first-order chi connectivity index (χ1) is 14.4. The Kier molecular flexibility index (Phi) is 14.0. The predicted molar refractivity (Wildman–Crippen MR) is 124 cm³/mol. The topological polar surface area (TPSA) is 46.3 Å². The zero-order valence-corrected chi connectivity index (χ0v) is 18.9. The van der Waals surface area contributed by atoms with Crippen molar-refractivity contribution in [2.45, 2.75) is 47.1 Å². The molecule has 2 N–H and O–H groups in total. The van der Waals surface area contributed by atoms with Gasteiger partial charge >= 0.3 is 0 Å². The smallest absolute Gasteiger partial charge is 0.210 e. The predicted octanol–water partition coefficient (Wildman–Crippen LogP) is 5.89. The van der Waals surface area contributed by atoms with Crippen LogP contribution in [0.4, 0.5) is 8.78 Å². The fourth-order valence-electron chi connectivity index (χ4n) is 2.67. The number of nitrogens with zero attached hydrogens (tertiary/aromatic N) is 1. The van der Waals surface area contributed by atoms with Gasteiger partial charge in [0, 0.05) is 12.1 Å². The number of allylic oxidation sites excluding steroid dienone is 4.